The van der Waals surface area contributed by atoms with Crippen LogP contribution in [0, 0.1) is 0 Å². The molecule has 0 unspecified atom stereocenters. The van der Waals surface area contributed by atoms with Crippen LogP contribution in [0.5, 0.6) is 0 Å². The quantitative estimate of drug-likeness (QED) is 0.821. The molecule has 116 valence electrons. The first kappa shape index (κ1) is 14.8. The van der Waals surface area contributed by atoms with E-state index in [2.05, 4.69) is 10.6 Å². The second-order valence-electron chi connectivity index (χ2n) is 5.90. The number of hydrogen-bond donors (Lipinski definition) is 2. The van der Waals surface area contributed by atoms with Crippen molar-refractivity contribution in [1.82, 2.24) is 10.6 Å². The number of hydrogen-bond acceptors (Lipinski definition) is 2. The molecule has 3 rings (SSSR count). The van der Waals surface area contributed by atoms with Crippen LogP contribution >= 0.6 is 0 Å². The van der Waals surface area contributed by atoms with Crippen LogP contribution in [0.15, 0.2) is 35.7 Å². The van der Waals surface area contributed by atoms with Crippen LogP contribution in [0.4, 0.5) is 4.39 Å². The molecule has 1 aromatic carbocycles. The summed E-state index contributed by atoms with van der Waals surface area (Å²) in [6, 6.07) is 7.35. The average Bonchev–Trinajstić information content (AvgIpc) is 3.27. The van der Waals surface area contributed by atoms with E-state index < -0.39 is 11.7 Å². The predicted molar refractivity (Wildman–Crippen MR) is 80.8 cm³/mol. The first-order valence-electron chi connectivity index (χ1n) is 7.69. The van der Waals surface area contributed by atoms with Crippen molar-refractivity contribution in [2.45, 2.75) is 44.7 Å². The minimum absolute atomic E-state index is 0.0987. The lowest BCUT2D eigenvalue weighted by atomic mass is 9.91. The van der Waals surface area contributed by atoms with Gasteiger partial charge in [0.1, 0.15) is 0 Å². The zero-order chi connectivity index (χ0) is 15.5. The van der Waals surface area contributed by atoms with Gasteiger partial charge in [-0.3, -0.25) is 9.59 Å². The van der Waals surface area contributed by atoms with Crippen LogP contribution in [0.25, 0.3) is 0 Å². The number of carbonyl (C=O) groups excluding carboxylic acids is 2. The summed E-state index contributed by atoms with van der Waals surface area (Å²) in [6.45, 7) is 0.212. The lowest BCUT2D eigenvalue weighted by Gasteiger charge is -2.17. The molecule has 2 aliphatic rings. The fourth-order valence-electron chi connectivity index (χ4n) is 2.31. The van der Waals surface area contributed by atoms with Gasteiger partial charge in [-0.25, -0.2) is 4.39 Å². The molecule has 0 heterocycles. The predicted octanol–water partition coefficient (Wildman–Crippen LogP) is 2.60. The molecule has 2 fully saturated rings. The van der Waals surface area contributed by atoms with Gasteiger partial charge in [-0.05, 0) is 55.4 Å². The second-order valence-corrected chi connectivity index (χ2v) is 5.90. The van der Waals surface area contributed by atoms with Crippen LogP contribution in [0.1, 0.15) is 48.0 Å². The molecule has 0 spiro atoms. The van der Waals surface area contributed by atoms with Crippen molar-refractivity contribution in [3.8, 4) is 0 Å². The van der Waals surface area contributed by atoms with E-state index in [1.54, 1.807) is 18.2 Å². The largest absolute Gasteiger partial charge is 0.349 e. The Morgan fingerprint density at radius 1 is 1.23 bits per heavy atom. The van der Waals surface area contributed by atoms with Gasteiger partial charge in [0.15, 0.2) is 5.83 Å². The van der Waals surface area contributed by atoms with E-state index in [4.69, 9.17) is 0 Å². The van der Waals surface area contributed by atoms with E-state index in [1.807, 2.05) is 6.07 Å². The SMILES string of the molecule is O=C(NCc1cccc(C(=O)NC2CC2)c1)C(F)=C1CCC1. The van der Waals surface area contributed by atoms with Crippen molar-refractivity contribution in [3.05, 3.63) is 46.8 Å². The Morgan fingerprint density at radius 2 is 2.00 bits per heavy atom. The lowest BCUT2D eigenvalue weighted by Crippen LogP contribution is -2.26. The van der Waals surface area contributed by atoms with Gasteiger partial charge < -0.3 is 10.6 Å². The third-order valence-electron chi connectivity index (χ3n) is 4.02. The number of carbonyl (C=O) groups is 2. The van der Waals surface area contributed by atoms with Gasteiger partial charge in [-0.15, -0.1) is 0 Å². The summed E-state index contributed by atoms with van der Waals surface area (Å²) >= 11 is 0. The smallest absolute Gasteiger partial charge is 0.280 e. The number of amides is 2. The van der Waals surface area contributed by atoms with E-state index in [9.17, 15) is 14.0 Å². The van der Waals surface area contributed by atoms with Crippen LogP contribution in [0.3, 0.4) is 0 Å². The van der Waals surface area contributed by atoms with Gasteiger partial charge >= 0.3 is 0 Å². The molecular weight excluding hydrogens is 283 g/mol. The number of allylic oxidation sites excluding steroid dienone is 1. The summed E-state index contributed by atoms with van der Waals surface area (Å²) in [5.74, 6) is -1.41. The fraction of sp³-hybridized carbons (Fsp3) is 0.412. The molecule has 2 N–H and O–H groups in total. The zero-order valence-electron chi connectivity index (χ0n) is 12.3. The normalized spacial score (nSPS) is 16.7. The van der Waals surface area contributed by atoms with Crippen molar-refractivity contribution in [3.63, 3.8) is 0 Å². The van der Waals surface area contributed by atoms with Crippen LogP contribution in [-0.4, -0.2) is 17.9 Å². The van der Waals surface area contributed by atoms with Crippen molar-refractivity contribution < 1.29 is 14.0 Å². The molecule has 0 bridgehead atoms. The Labute approximate surface area is 128 Å². The zero-order valence-corrected chi connectivity index (χ0v) is 12.3. The first-order valence-corrected chi connectivity index (χ1v) is 7.69. The van der Waals surface area contributed by atoms with Gasteiger partial charge in [-0.2, -0.15) is 0 Å². The van der Waals surface area contributed by atoms with E-state index in [1.165, 1.54) is 0 Å². The highest BCUT2D eigenvalue weighted by atomic mass is 19.1. The average molecular weight is 302 g/mol. The minimum Gasteiger partial charge on any atom is -0.349 e. The summed E-state index contributed by atoms with van der Waals surface area (Å²) < 4.78 is 13.7. The van der Waals surface area contributed by atoms with E-state index in [0.29, 0.717) is 30.0 Å². The molecule has 0 aliphatic heterocycles. The maximum absolute atomic E-state index is 13.7. The van der Waals surface area contributed by atoms with Crippen LogP contribution in [-0.2, 0) is 11.3 Å². The van der Waals surface area contributed by atoms with Gasteiger partial charge in [0.05, 0.1) is 0 Å². The first-order chi connectivity index (χ1) is 10.6. The van der Waals surface area contributed by atoms with E-state index in [0.717, 1.165) is 24.8 Å². The van der Waals surface area contributed by atoms with Crippen LogP contribution < -0.4 is 10.6 Å². The maximum atomic E-state index is 13.7. The lowest BCUT2D eigenvalue weighted by molar-refractivity contribution is -0.119. The fourth-order valence-corrected chi connectivity index (χ4v) is 2.31. The summed E-state index contributed by atoms with van der Waals surface area (Å²) in [6.07, 6.45) is 4.38. The Balaban J connectivity index is 1.58. The Morgan fingerprint density at radius 3 is 2.64 bits per heavy atom. The Bertz CT molecular complexity index is 629. The minimum atomic E-state index is -0.664. The second kappa shape index (κ2) is 6.30. The highest BCUT2D eigenvalue weighted by Gasteiger charge is 2.24. The summed E-state index contributed by atoms with van der Waals surface area (Å²) in [5, 5.41) is 5.48. The Hall–Kier alpha value is -2.17. The summed E-state index contributed by atoms with van der Waals surface area (Å²) in [5.41, 5.74) is 1.95. The standard InChI is InChI=1S/C17H19FN2O2/c18-15(12-4-2-5-12)17(22)19-10-11-3-1-6-13(9-11)16(21)20-14-7-8-14/h1,3,6,9,14H,2,4-5,7-8,10H2,(H,19,22)(H,20,21). The topological polar surface area (TPSA) is 58.2 Å². The van der Waals surface area contributed by atoms with Crippen molar-refractivity contribution in [1.29, 1.82) is 0 Å². The highest BCUT2D eigenvalue weighted by molar-refractivity contribution is 5.95. The van der Waals surface area contributed by atoms with Gasteiger partial charge in [-0.1, -0.05) is 12.1 Å². The molecule has 0 saturated heterocycles. The van der Waals surface area contributed by atoms with Crippen molar-refractivity contribution in [2.75, 3.05) is 0 Å². The van der Waals surface area contributed by atoms with Gasteiger partial charge in [0, 0.05) is 18.2 Å². The number of benzene rings is 1. The van der Waals surface area contributed by atoms with E-state index in [-0.39, 0.29) is 12.5 Å². The van der Waals surface area contributed by atoms with Gasteiger partial charge in [0.25, 0.3) is 11.8 Å². The molecule has 2 aliphatic carbocycles. The molecule has 1 aromatic rings. The molecule has 2 amide bonds. The summed E-state index contributed by atoms with van der Waals surface area (Å²) in [4.78, 5) is 23.7. The number of nitrogens with one attached hydrogen (secondary N) is 2. The molecule has 4 nitrogen and oxygen atoms in total. The molecule has 0 aromatic heterocycles. The van der Waals surface area contributed by atoms with E-state index >= 15 is 0 Å². The monoisotopic (exact) mass is 302 g/mol. The molecule has 0 atom stereocenters. The summed E-state index contributed by atoms with van der Waals surface area (Å²) in [7, 11) is 0. The Kier molecular flexibility index (Phi) is 4.22. The third kappa shape index (κ3) is 3.53. The van der Waals surface area contributed by atoms with Gasteiger partial charge in [0.2, 0.25) is 0 Å². The number of halogens is 1. The van der Waals surface area contributed by atoms with Crippen molar-refractivity contribution >= 4 is 11.8 Å². The van der Waals surface area contributed by atoms with Crippen LogP contribution in [0.2, 0.25) is 0 Å². The highest BCUT2D eigenvalue weighted by Crippen LogP contribution is 2.29. The maximum Gasteiger partial charge on any atom is 0.280 e. The molecule has 2 saturated carbocycles. The molecular formula is C17H19FN2O2. The number of rotatable bonds is 5. The molecule has 22 heavy (non-hydrogen) atoms. The molecule has 0 radical (unpaired) electrons. The van der Waals surface area contributed by atoms with Crippen molar-refractivity contribution in [2.24, 2.45) is 0 Å². The molecule has 5 heteroatoms. The third-order valence-corrected chi connectivity index (χ3v) is 4.02.